The van der Waals surface area contributed by atoms with E-state index in [0.717, 1.165) is 37.0 Å². The first-order valence-corrected chi connectivity index (χ1v) is 6.31. The lowest BCUT2D eigenvalue weighted by Crippen LogP contribution is -2.28. The second kappa shape index (κ2) is 4.79. The summed E-state index contributed by atoms with van der Waals surface area (Å²) in [5, 5.41) is 7.29. The van der Waals surface area contributed by atoms with Crippen LogP contribution in [0.5, 0.6) is 0 Å². The Morgan fingerprint density at radius 3 is 3.29 bits per heavy atom. The molecule has 5 heteroatoms. The molecule has 0 amide bonds. The van der Waals surface area contributed by atoms with Crippen LogP contribution in [0.2, 0.25) is 0 Å². The zero-order chi connectivity index (χ0) is 9.80. The molecule has 0 radical (unpaired) electrons. The van der Waals surface area contributed by atoms with Gasteiger partial charge >= 0.3 is 0 Å². The van der Waals surface area contributed by atoms with Crippen molar-refractivity contribution in [1.82, 2.24) is 15.5 Å². The van der Waals surface area contributed by atoms with Crippen LogP contribution in [0.25, 0.3) is 0 Å². The predicted molar refractivity (Wildman–Crippen MR) is 56.4 cm³/mol. The van der Waals surface area contributed by atoms with Gasteiger partial charge in [0, 0.05) is 6.54 Å². The molecule has 1 aliphatic rings. The number of hydrogen-bond acceptors (Lipinski definition) is 5. The molecule has 1 N–H and O–H groups in total. The summed E-state index contributed by atoms with van der Waals surface area (Å²) in [6.07, 6.45) is 4.40. The van der Waals surface area contributed by atoms with Crippen molar-refractivity contribution in [2.24, 2.45) is 0 Å². The minimum atomic E-state index is 0.423. The van der Waals surface area contributed by atoms with Gasteiger partial charge in [0.15, 0.2) is 5.82 Å². The zero-order valence-corrected chi connectivity index (χ0v) is 9.14. The van der Waals surface area contributed by atoms with Crippen molar-refractivity contribution in [1.29, 1.82) is 0 Å². The summed E-state index contributed by atoms with van der Waals surface area (Å²) in [5.41, 5.74) is 0. The standard InChI is InChI=1S/C9H15N3OS/c1-14-6-8-11-9(13-12-8)7-3-2-4-10-5-7/h7,10H,2-6H2,1H3. The van der Waals surface area contributed by atoms with Crippen LogP contribution in [0.4, 0.5) is 0 Å². The summed E-state index contributed by atoms with van der Waals surface area (Å²) in [7, 11) is 0. The summed E-state index contributed by atoms with van der Waals surface area (Å²) in [6.45, 7) is 2.09. The molecule has 1 aromatic rings. The molecule has 0 bridgehead atoms. The van der Waals surface area contributed by atoms with E-state index in [4.69, 9.17) is 4.52 Å². The molecular weight excluding hydrogens is 198 g/mol. The quantitative estimate of drug-likeness (QED) is 0.822. The Balaban J connectivity index is 2.00. The number of rotatable bonds is 3. The molecule has 0 saturated carbocycles. The molecule has 0 spiro atoms. The Hall–Kier alpha value is -0.550. The van der Waals surface area contributed by atoms with Gasteiger partial charge < -0.3 is 9.84 Å². The molecule has 78 valence electrons. The first-order valence-electron chi connectivity index (χ1n) is 4.92. The highest BCUT2D eigenvalue weighted by atomic mass is 32.2. The van der Waals surface area contributed by atoms with Crippen LogP contribution >= 0.6 is 11.8 Å². The van der Waals surface area contributed by atoms with E-state index in [1.807, 2.05) is 6.26 Å². The van der Waals surface area contributed by atoms with Crippen molar-refractivity contribution < 1.29 is 4.52 Å². The average molecular weight is 213 g/mol. The van der Waals surface area contributed by atoms with Crippen LogP contribution in [-0.2, 0) is 5.75 Å². The van der Waals surface area contributed by atoms with Gasteiger partial charge in [-0.05, 0) is 25.6 Å². The second-order valence-corrected chi connectivity index (χ2v) is 4.39. The summed E-state index contributed by atoms with van der Waals surface area (Å²) in [5.74, 6) is 2.88. The molecule has 0 aliphatic carbocycles. The van der Waals surface area contributed by atoms with Gasteiger partial charge in [0.2, 0.25) is 5.89 Å². The largest absolute Gasteiger partial charge is 0.339 e. The van der Waals surface area contributed by atoms with Gasteiger partial charge in [-0.1, -0.05) is 5.16 Å². The zero-order valence-electron chi connectivity index (χ0n) is 8.32. The lowest BCUT2D eigenvalue weighted by Gasteiger charge is -2.18. The molecule has 2 heterocycles. The van der Waals surface area contributed by atoms with E-state index in [-0.39, 0.29) is 0 Å². The van der Waals surface area contributed by atoms with Crippen LogP contribution in [0.15, 0.2) is 4.52 Å². The van der Waals surface area contributed by atoms with Crippen LogP contribution < -0.4 is 5.32 Å². The van der Waals surface area contributed by atoms with E-state index in [2.05, 4.69) is 15.5 Å². The molecule has 1 aromatic heterocycles. The Kier molecular flexibility index (Phi) is 3.42. The van der Waals surface area contributed by atoms with Crippen LogP contribution in [-0.4, -0.2) is 29.5 Å². The van der Waals surface area contributed by atoms with Crippen LogP contribution in [0, 0.1) is 0 Å². The van der Waals surface area contributed by atoms with Crippen LogP contribution in [0.1, 0.15) is 30.5 Å². The lowest BCUT2D eigenvalue weighted by atomic mass is 10.00. The molecule has 2 rings (SSSR count). The van der Waals surface area contributed by atoms with Crippen molar-refractivity contribution in [3.8, 4) is 0 Å². The van der Waals surface area contributed by atoms with Gasteiger partial charge in [-0.3, -0.25) is 0 Å². The van der Waals surface area contributed by atoms with Gasteiger partial charge in [-0.2, -0.15) is 16.7 Å². The van der Waals surface area contributed by atoms with E-state index in [0.29, 0.717) is 5.92 Å². The SMILES string of the molecule is CSCc1noc(C2CCCNC2)n1. The molecule has 1 fully saturated rings. The summed E-state index contributed by atoms with van der Waals surface area (Å²) >= 11 is 1.71. The van der Waals surface area contributed by atoms with Gasteiger partial charge in [-0.25, -0.2) is 0 Å². The second-order valence-electron chi connectivity index (χ2n) is 3.53. The van der Waals surface area contributed by atoms with Crippen molar-refractivity contribution in [2.45, 2.75) is 24.5 Å². The third-order valence-electron chi connectivity index (χ3n) is 2.40. The van der Waals surface area contributed by atoms with Crippen molar-refractivity contribution in [2.75, 3.05) is 19.3 Å². The van der Waals surface area contributed by atoms with Crippen LogP contribution in [0.3, 0.4) is 0 Å². The molecule has 1 unspecified atom stereocenters. The Morgan fingerprint density at radius 1 is 1.64 bits per heavy atom. The Bertz CT molecular complexity index is 283. The smallest absolute Gasteiger partial charge is 0.231 e. The third-order valence-corrected chi connectivity index (χ3v) is 2.95. The molecular formula is C9H15N3OS. The van der Waals surface area contributed by atoms with E-state index in [1.165, 1.54) is 6.42 Å². The number of nitrogens with one attached hydrogen (secondary N) is 1. The number of nitrogens with zero attached hydrogens (tertiary/aromatic N) is 2. The maximum atomic E-state index is 5.24. The first kappa shape index (κ1) is 9.98. The molecule has 14 heavy (non-hydrogen) atoms. The molecule has 1 aliphatic heterocycles. The summed E-state index contributed by atoms with van der Waals surface area (Å²) in [6, 6.07) is 0. The highest BCUT2D eigenvalue weighted by Crippen LogP contribution is 2.21. The third kappa shape index (κ3) is 2.27. The maximum Gasteiger partial charge on any atom is 0.231 e. The maximum absolute atomic E-state index is 5.24. The fourth-order valence-corrected chi connectivity index (χ4v) is 2.06. The fourth-order valence-electron chi connectivity index (χ4n) is 1.68. The van der Waals surface area contributed by atoms with E-state index >= 15 is 0 Å². The number of piperidine rings is 1. The van der Waals surface area contributed by atoms with E-state index in [9.17, 15) is 0 Å². The highest BCUT2D eigenvalue weighted by Gasteiger charge is 2.20. The van der Waals surface area contributed by atoms with Gasteiger partial charge in [-0.15, -0.1) is 0 Å². The average Bonchev–Trinajstić information content (AvgIpc) is 2.68. The minimum absolute atomic E-state index is 0.423. The first-order chi connectivity index (χ1) is 6.90. The molecule has 1 saturated heterocycles. The van der Waals surface area contributed by atoms with Gasteiger partial charge in [0.05, 0.1) is 11.7 Å². The normalized spacial score (nSPS) is 22.5. The summed E-state index contributed by atoms with van der Waals surface area (Å²) < 4.78 is 5.24. The van der Waals surface area contributed by atoms with E-state index in [1.54, 1.807) is 11.8 Å². The Labute approximate surface area is 87.8 Å². The molecule has 1 atom stereocenters. The highest BCUT2D eigenvalue weighted by molar-refractivity contribution is 7.97. The molecule has 0 aromatic carbocycles. The van der Waals surface area contributed by atoms with Crippen molar-refractivity contribution >= 4 is 11.8 Å². The Morgan fingerprint density at radius 2 is 2.57 bits per heavy atom. The van der Waals surface area contributed by atoms with Crippen molar-refractivity contribution in [3.05, 3.63) is 11.7 Å². The number of thioether (sulfide) groups is 1. The topological polar surface area (TPSA) is 51.0 Å². The lowest BCUT2D eigenvalue weighted by molar-refractivity contribution is 0.320. The minimum Gasteiger partial charge on any atom is -0.339 e. The summed E-state index contributed by atoms with van der Waals surface area (Å²) in [4.78, 5) is 4.39. The number of aromatic nitrogens is 2. The van der Waals surface area contributed by atoms with Gasteiger partial charge in [0.1, 0.15) is 0 Å². The van der Waals surface area contributed by atoms with E-state index < -0.39 is 0 Å². The monoisotopic (exact) mass is 213 g/mol. The van der Waals surface area contributed by atoms with Gasteiger partial charge in [0.25, 0.3) is 0 Å². The molecule has 4 nitrogen and oxygen atoms in total. The number of hydrogen-bond donors (Lipinski definition) is 1. The predicted octanol–water partition coefficient (Wildman–Crippen LogP) is 1.40. The fraction of sp³-hybridized carbons (Fsp3) is 0.778. The van der Waals surface area contributed by atoms with Crippen molar-refractivity contribution in [3.63, 3.8) is 0 Å².